The number of aromatic nitrogens is 2. The van der Waals surface area contributed by atoms with E-state index >= 15 is 0 Å². The van der Waals surface area contributed by atoms with E-state index in [1.165, 1.54) is 17.7 Å². The number of carbonyl (C=O) groups excluding carboxylic acids is 1. The highest BCUT2D eigenvalue weighted by Crippen LogP contribution is 2.19. The first-order chi connectivity index (χ1) is 13.5. The second-order valence-corrected chi connectivity index (χ2v) is 6.80. The van der Waals surface area contributed by atoms with Gasteiger partial charge in [0.05, 0.1) is 0 Å². The lowest BCUT2D eigenvalue weighted by atomic mass is 10.0. The van der Waals surface area contributed by atoms with E-state index in [9.17, 15) is 9.18 Å². The smallest absolute Gasteiger partial charge is 0.270 e. The fourth-order valence-corrected chi connectivity index (χ4v) is 2.69. The first kappa shape index (κ1) is 19.5. The molecule has 0 radical (unpaired) electrons. The standard InChI is InChI=1S/C22H23FN4O/c1-15(2)17-5-9-19(10-6-17)26-22-25-14-12-20(27-22)21(28)24-13-11-16-3-7-18(23)8-4-16/h3-10,12,14-15H,11,13H2,1-2H3,(H,24,28)(H,25,26,27). The molecule has 3 rings (SSSR count). The SMILES string of the molecule is CC(C)c1ccc(Nc2nccc(C(=O)NCCc3ccc(F)cc3)n2)cc1. The molecule has 0 spiro atoms. The Morgan fingerprint density at radius 1 is 1.04 bits per heavy atom. The summed E-state index contributed by atoms with van der Waals surface area (Å²) in [6.07, 6.45) is 2.16. The Kier molecular flexibility index (Phi) is 6.32. The van der Waals surface area contributed by atoms with Crippen molar-refractivity contribution in [3.8, 4) is 0 Å². The Bertz CT molecular complexity index is 924. The Morgan fingerprint density at radius 2 is 1.75 bits per heavy atom. The molecule has 2 N–H and O–H groups in total. The molecule has 0 bridgehead atoms. The molecule has 0 aliphatic rings. The molecule has 6 heteroatoms. The van der Waals surface area contributed by atoms with E-state index in [2.05, 4.69) is 46.6 Å². The lowest BCUT2D eigenvalue weighted by Gasteiger charge is -2.09. The number of nitrogens with zero attached hydrogens (tertiary/aromatic N) is 2. The number of amides is 1. The van der Waals surface area contributed by atoms with E-state index in [1.54, 1.807) is 24.4 Å². The number of anilines is 2. The zero-order chi connectivity index (χ0) is 19.9. The molecule has 144 valence electrons. The maximum Gasteiger partial charge on any atom is 0.270 e. The summed E-state index contributed by atoms with van der Waals surface area (Å²) >= 11 is 0. The molecule has 1 amide bonds. The van der Waals surface area contributed by atoms with Gasteiger partial charge in [-0.1, -0.05) is 38.1 Å². The largest absolute Gasteiger partial charge is 0.350 e. The van der Waals surface area contributed by atoms with E-state index in [0.29, 0.717) is 24.8 Å². The number of rotatable bonds is 7. The molecular formula is C22H23FN4O. The number of hydrogen-bond acceptors (Lipinski definition) is 4. The first-order valence-electron chi connectivity index (χ1n) is 9.24. The zero-order valence-electron chi connectivity index (χ0n) is 15.9. The third-order valence-electron chi connectivity index (χ3n) is 4.33. The van der Waals surface area contributed by atoms with Crippen molar-refractivity contribution >= 4 is 17.5 Å². The monoisotopic (exact) mass is 378 g/mol. The molecule has 0 saturated carbocycles. The number of nitrogens with one attached hydrogen (secondary N) is 2. The van der Waals surface area contributed by atoms with Gasteiger partial charge in [0.1, 0.15) is 11.5 Å². The van der Waals surface area contributed by atoms with Gasteiger partial charge in [0.15, 0.2) is 0 Å². The van der Waals surface area contributed by atoms with Gasteiger partial charge in [-0.2, -0.15) is 0 Å². The van der Waals surface area contributed by atoms with Crippen LogP contribution in [0.5, 0.6) is 0 Å². The maximum atomic E-state index is 12.9. The molecule has 28 heavy (non-hydrogen) atoms. The summed E-state index contributed by atoms with van der Waals surface area (Å²) < 4.78 is 12.9. The van der Waals surface area contributed by atoms with Gasteiger partial charge in [-0.3, -0.25) is 4.79 Å². The second kappa shape index (κ2) is 9.08. The van der Waals surface area contributed by atoms with Crippen molar-refractivity contribution in [1.82, 2.24) is 15.3 Å². The lowest BCUT2D eigenvalue weighted by molar-refractivity contribution is 0.0949. The molecule has 3 aromatic rings. The van der Waals surface area contributed by atoms with E-state index < -0.39 is 0 Å². The van der Waals surface area contributed by atoms with Crippen LogP contribution in [0.4, 0.5) is 16.0 Å². The van der Waals surface area contributed by atoms with Gasteiger partial charge in [0.25, 0.3) is 5.91 Å². The Morgan fingerprint density at radius 3 is 2.43 bits per heavy atom. The number of halogens is 1. The maximum absolute atomic E-state index is 12.9. The van der Waals surface area contributed by atoms with E-state index in [-0.39, 0.29) is 17.4 Å². The number of carbonyl (C=O) groups is 1. The van der Waals surface area contributed by atoms with Crippen molar-refractivity contribution < 1.29 is 9.18 Å². The Labute approximate surface area is 164 Å². The average Bonchev–Trinajstić information content (AvgIpc) is 2.70. The topological polar surface area (TPSA) is 66.9 Å². The van der Waals surface area contributed by atoms with Crippen LogP contribution in [-0.2, 0) is 6.42 Å². The van der Waals surface area contributed by atoms with Gasteiger partial charge in [0, 0.05) is 18.4 Å². The fraction of sp³-hybridized carbons (Fsp3) is 0.227. The quantitative estimate of drug-likeness (QED) is 0.637. The van der Waals surface area contributed by atoms with Crippen LogP contribution in [0.3, 0.4) is 0 Å². The van der Waals surface area contributed by atoms with Gasteiger partial charge >= 0.3 is 0 Å². The summed E-state index contributed by atoms with van der Waals surface area (Å²) in [6, 6.07) is 15.8. The third-order valence-corrected chi connectivity index (χ3v) is 4.33. The van der Waals surface area contributed by atoms with E-state index in [0.717, 1.165) is 11.3 Å². The van der Waals surface area contributed by atoms with Crippen LogP contribution in [0.1, 0.15) is 41.4 Å². The van der Waals surface area contributed by atoms with Crippen LogP contribution in [0.25, 0.3) is 0 Å². The molecule has 1 aromatic heterocycles. The van der Waals surface area contributed by atoms with Crippen LogP contribution >= 0.6 is 0 Å². The minimum atomic E-state index is -0.275. The minimum Gasteiger partial charge on any atom is -0.350 e. The van der Waals surface area contributed by atoms with Gasteiger partial charge in [-0.15, -0.1) is 0 Å². The molecule has 0 unspecified atom stereocenters. The lowest BCUT2D eigenvalue weighted by Crippen LogP contribution is -2.26. The van der Waals surface area contributed by atoms with Crippen molar-refractivity contribution in [1.29, 1.82) is 0 Å². The molecule has 0 saturated heterocycles. The van der Waals surface area contributed by atoms with Crippen molar-refractivity contribution in [2.75, 3.05) is 11.9 Å². The summed E-state index contributed by atoms with van der Waals surface area (Å²) in [4.78, 5) is 20.8. The molecule has 1 heterocycles. The number of benzene rings is 2. The van der Waals surface area contributed by atoms with Gasteiger partial charge in [-0.05, 0) is 53.8 Å². The van der Waals surface area contributed by atoms with Crippen LogP contribution in [0.15, 0.2) is 60.8 Å². The Balaban J connectivity index is 1.57. The molecule has 0 atom stereocenters. The molecule has 2 aromatic carbocycles. The molecule has 0 fully saturated rings. The fourth-order valence-electron chi connectivity index (χ4n) is 2.69. The first-order valence-corrected chi connectivity index (χ1v) is 9.24. The normalized spacial score (nSPS) is 10.7. The molecule has 0 aliphatic carbocycles. The highest BCUT2D eigenvalue weighted by atomic mass is 19.1. The van der Waals surface area contributed by atoms with Gasteiger partial charge < -0.3 is 10.6 Å². The van der Waals surface area contributed by atoms with Crippen molar-refractivity contribution in [3.05, 3.63) is 83.4 Å². The summed E-state index contributed by atoms with van der Waals surface area (Å²) in [5, 5.41) is 5.94. The summed E-state index contributed by atoms with van der Waals surface area (Å²) in [5.41, 5.74) is 3.35. The van der Waals surface area contributed by atoms with Crippen LogP contribution < -0.4 is 10.6 Å². The predicted molar refractivity (Wildman–Crippen MR) is 108 cm³/mol. The summed E-state index contributed by atoms with van der Waals surface area (Å²) in [6.45, 7) is 4.72. The van der Waals surface area contributed by atoms with E-state index in [4.69, 9.17) is 0 Å². The highest BCUT2D eigenvalue weighted by Gasteiger charge is 2.09. The minimum absolute atomic E-state index is 0.271. The molecule has 0 aliphatic heterocycles. The second-order valence-electron chi connectivity index (χ2n) is 6.80. The number of hydrogen-bond donors (Lipinski definition) is 2. The highest BCUT2D eigenvalue weighted by molar-refractivity contribution is 5.92. The molecule has 5 nitrogen and oxygen atoms in total. The van der Waals surface area contributed by atoms with Gasteiger partial charge in [0.2, 0.25) is 5.95 Å². The van der Waals surface area contributed by atoms with Crippen LogP contribution in [0.2, 0.25) is 0 Å². The van der Waals surface area contributed by atoms with Crippen LogP contribution in [0, 0.1) is 5.82 Å². The molecular weight excluding hydrogens is 355 g/mol. The van der Waals surface area contributed by atoms with Crippen LogP contribution in [-0.4, -0.2) is 22.4 Å². The third kappa shape index (κ3) is 5.36. The summed E-state index contributed by atoms with van der Waals surface area (Å²) in [5.74, 6) is 0.283. The van der Waals surface area contributed by atoms with E-state index in [1.807, 2.05) is 12.1 Å². The zero-order valence-corrected chi connectivity index (χ0v) is 15.9. The Hall–Kier alpha value is -3.28. The predicted octanol–water partition coefficient (Wildman–Crippen LogP) is 4.46. The van der Waals surface area contributed by atoms with Crippen molar-refractivity contribution in [3.63, 3.8) is 0 Å². The van der Waals surface area contributed by atoms with Crippen molar-refractivity contribution in [2.24, 2.45) is 0 Å². The van der Waals surface area contributed by atoms with Gasteiger partial charge in [-0.25, -0.2) is 14.4 Å². The van der Waals surface area contributed by atoms with Crippen molar-refractivity contribution in [2.45, 2.75) is 26.2 Å². The summed E-state index contributed by atoms with van der Waals surface area (Å²) in [7, 11) is 0. The average molecular weight is 378 g/mol.